The van der Waals surface area contributed by atoms with Gasteiger partial charge in [-0.1, -0.05) is 41.4 Å². The van der Waals surface area contributed by atoms with E-state index in [1.807, 2.05) is 31.2 Å². The van der Waals surface area contributed by atoms with Crippen LogP contribution in [0, 0.1) is 0 Å². The van der Waals surface area contributed by atoms with Crippen LogP contribution in [0.3, 0.4) is 0 Å². The lowest BCUT2D eigenvalue weighted by Crippen LogP contribution is -2.29. The maximum atomic E-state index is 12.5. The molecule has 0 saturated heterocycles. The van der Waals surface area contributed by atoms with Gasteiger partial charge < -0.3 is 4.74 Å². The van der Waals surface area contributed by atoms with Crippen LogP contribution < -0.4 is 14.5 Å². The second-order valence-electron chi connectivity index (χ2n) is 7.64. The highest BCUT2D eigenvalue weighted by atomic mass is 35.5. The van der Waals surface area contributed by atoms with Crippen molar-refractivity contribution in [2.24, 2.45) is 5.10 Å². The Morgan fingerprint density at radius 3 is 2.23 bits per heavy atom. The summed E-state index contributed by atoms with van der Waals surface area (Å²) >= 11 is 12.3. The van der Waals surface area contributed by atoms with Crippen molar-refractivity contribution in [3.63, 3.8) is 0 Å². The van der Waals surface area contributed by atoms with Crippen LogP contribution in [-0.2, 0) is 16.6 Å². The predicted octanol–water partition coefficient (Wildman–Crippen LogP) is 5.51. The summed E-state index contributed by atoms with van der Waals surface area (Å²) in [5, 5.41) is 4.57. The summed E-state index contributed by atoms with van der Waals surface area (Å²) in [6.45, 7) is 4.32. The van der Waals surface area contributed by atoms with Crippen LogP contribution in [0.2, 0.25) is 10.0 Å². The molecule has 0 aliphatic heterocycles. The molecule has 3 rings (SSSR count). The number of halogens is 2. The zero-order valence-corrected chi connectivity index (χ0v) is 21.8. The van der Waals surface area contributed by atoms with Crippen LogP contribution >= 0.6 is 23.2 Å². The Hall–Kier alpha value is -3.07. The first-order valence-corrected chi connectivity index (χ1v) is 13.3. The van der Waals surface area contributed by atoms with E-state index in [4.69, 9.17) is 27.9 Å². The van der Waals surface area contributed by atoms with E-state index in [1.54, 1.807) is 49.4 Å². The van der Waals surface area contributed by atoms with Gasteiger partial charge in [-0.2, -0.15) is 5.10 Å². The maximum absolute atomic E-state index is 12.5. The Morgan fingerprint density at radius 1 is 1.00 bits per heavy atom. The molecule has 3 aromatic carbocycles. The van der Waals surface area contributed by atoms with Crippen molar-refractivity contribution in [1.82, 2.24) is 5.43 Å². The van der Waals surface area contributed by atoms with Gasteiger partial charge in [0, 0.05) is 5.56 Å². The minimum atomic E-state index is -3.65. The number of benzene rings is 3. The third-order valence-electron chi connectivity index (χ3n) is 5.05. The molecule has 0 atom stereocenters. The Balaban J connectivity index is 1.71. The smallest absolute Gasteiger partial charge is 0.271 e. The second kappa shape index (κ2) is 11.6. The summed E-state index contributed by atoms with van der Waals surface area (Å²) in [5.41, 5.74) is 5.35. The van der Waals surface area contributed by atoms with E-state index in [0.717, 1.165) is 17.6 Å². The second-order valence-corrected chi connectivity index (χ2v) is 10.3. The Kier molecular flexibility index (Phi) is 8.77. The number of anilines is 1. The van der Waals surface area contributed by atoms with Gasteiger partial charge in [0.25, 0.3) is 5.91 Å². The van der Waals surface area contributed by atoms with E-state index in [9.17, 15) is 13.2 Å². The average Bonchev–Trinajstić information content (AvgIpc) is 2.83. The monoisotopic (exact) mass is 533 g/mol. The van der Waals surface area contributed by atoms with Gasteiger partial charge in [-0.15, -0.1) is 0 Å². The quantitative estimate of drug-likeness (QED) is 0.290. The van der Waals surface area contributed by atoms with E-state index >= 15 is 0 Å². The number of carbonyl (C=O) groups excluding carboxylic acids is 1. The molecule has 3 aromatic rings. The summed E-state index contributed by atoms with van der Waals surface area (Å²) in [7, 11) is -3.65. The van der Waals surface area contributed by atoms with E-state index in [2.05, 4.69) is 10.5 Å². The highest BCUT2D eigenvalue weighted by molar-refractivity contribution is 7.92. The number of ether oxygens (including phenoxy) is 1. The number of hydrogen-bond donors (Lipinski definition) is 1. The van der Waals surface area contributed by atoms with Gasteiger partial charge >= 0.3 is 0 Å². The summed E-state index contributed by atoms with van der Waals surface area (Å²) < 4.78 is 31.5. The molecule has 0 aliphatic carbocycles. The van der Waals surface area contributed by atoms with E-state index in [1.165, 1.54) is 4.31 Å². The van der Waals surface area contributed by atoms with Gasteiger partial charge in [-0.25, -0.2) is 13.8 Å². The molecule has 0 aromatic heterocycles. The van der Waals surface area contributed by atoms with Crippen molar-refractivity contribution in [2.45, 2.75) is 20.4 Å². The summed E-state index contributed by atoms with van der Waals surface area (Å²) in [4.78, 5) is 12.5. The topological polar surface area (TPSA) is 88.1 Å². The Labute approximate surface area is 215 Å². The highest BCUT2D eigenvalue weighted by Gasteiger charge is 2.21. The molecule has 1 N–H and O–H groups in total. The fraction of sp³-hybridized carbons (Fsp3) is 0.200. The Bertz CT molecular complexity index is 1330. The van der Waals surface area contributed by atoms with Crippen LogP contribution in [0.1, 0.15) is 35.3 Å². The van der Waals surface area contributed by atoms with E-state index in [0.29, 0.717) is 23.4 Å². The van der Waals surface area contributed by atoms with Gasteiger partial charge in [-0.3, -0.25) is 9.10 Å². The fourth-order valence-corrected chi connectivity index (χ4v) is 4.56. The summed E-state index contributed by atoms with van der Waals surface area (Å²) in [6, 6.07) is 18.8. The summed E-state index contributed by atoms with van der Waals surface area (Å²) in [6.07, 6.45) is 1.09. The molecule has 10 heteroatoms. The average molecular weight is 534 g/mol. The molecule has 0 aliphatic rings. The molecule has 1 amide bonds. The number of carbonyl (C=O) groups is 1. The lowest BCUT2D eigenvalue weighted by Gasteiger charge is -2.24. The van der Waals surface area contributed by atoms with Gasteiger partial charge in [0.15, 0.2) is 0 Å². The minimum absolute atomic E-state index is 0.0236. The van der Waals surface area contributed by atoms with Crippen LogP contribution in [0.4, 0.5) is 5.69 Å². The van der Waals surface area contributed by atoms with Crippen LogP contribution in [0.5, 0.6) is 5.75 Å². The number of nitrogens with one attached hydrogen (secondary N) is 1. The van der Waals surface area contributed by atoms with Crippen molar-refractivity contribution in [3.8, 4) is 5.75 Å². The number of amides is 1. The molecule has 35 heavy (non-hydrogen) atoms. The Morgan fingerprint density at radius 2 is 1.63 bits per heavy atom. The molecular weight excluding hydrogens is 509 g/mol. The first-order chi connectivity index (χ1) is 16.6. The number of hydrazone groups is 1. The van der Waals surface area contributed by atoms with Crippen molar-refractivity contribution in [2.75, 3.05) is 17.2 Å². The predicted molar refractivity (Wildman–Crippen MR) is 141 cm³/mol. The lowest BCUT2D eigenvalue weighted by molar-refractivity contribution is 0.0955. The first-order valence-electron chi connectivity index (χ1n) is 10.7. The summed E-state index contributed by atoms with van der Waals surface area (Å²) in [5.74, 6) is 0.375. The van der Waals surface area contributed by atoms with Crippen molar-refractivity contribution in [1.29, 1.82) is 0 Å². The van der Waals surface area contributed by atoms with Crippen molar-refractivity contribution >= 4 is 50.5 Å². The van der Waals surface area contributed by atoms with Crippen LogP contribution in [0.15, 0.2) is 71.8 Å². The zero-order valence-electron chi connectivity index (χ0n) is 19.5. The van der Waals surface area contributed by atoms with Gasteiger partial charge in [0.05, 0.1) is 40.9 Å². The molecule has 184 valence electrons. The SMILES string of the molecule is CCOc1ccc(/C(C)=N\NC(=O)c2ccc(CN(c3cccc(Cl)c3Cl)S(C)(=O)=O)cc2)cc1. The zero-order chi connectivity index (χ0) is 25.6. The molecular formula is C25H25Cl2N3O4S. The number of rotatable bonds is 9. The van der Waals surface area contributed by atoms with E-state index in [-0.39, 0.29) is 28.2 Å². The molecule has 0 fully saturated rings. The van der Waals surface area contributed by atoms with E-state index < -0.39 is 10.0 Å². The molecule has 0 heterocycles. The normalized spacial score (nSPS) is 11.7. The fourth-order valence-electron chi connectivity index (χ4n) is 3.22. The molecule has 0 radical (unpaired) electrons. The van der Waals surface area contributed by atoms with Crippen molar-refractivity contribution < 1.29 is 17.9 Å². The maximum Gasteiger partial charge on any atom is 0.271 e. The molecule has 0 bridgehead atoms. The van der Waals surface area contributed by atoms with Crippen molar-refractivity contribution in [3.05, 3.63) is 93.5 Å². The van der Waals surface area contributed by atoms with Gasteiger partial charge in [-0.05, 0) is 73.5 Å². The standard InChI is InChI=1S/C25H25Cl2N3O4S/c1-4-34-21-14-12-19(13-15-21)17(2)28-29-25(31)20-10-8-18(9-11-20)16-30(35(3,32)33)23-7-5-6-22(26)24(23)27/h5-15H,4,16H2,1-3H3,(H,29,31)/b28-17-. The molecule has 7 nitrogen and oxygen atoms in total. The third-order valence-corrected chi connectivity index (χ3v) is 6.99. The lowest BCUT2D eigenvalue weighted by atomic mass is 10.1. The minimum Gasteiger partial charge on any atom is -0.494 e. The van der Waals surface area contributed by atoms with Gasteiger partial charge in [0.1, 0.15) is 5.75 Å². The number of hydrogen-bond acceptors (Lipinski definition) is 5. The van der Waals surface area contributed by atoms with Crippen LogP contribution in [0.25, 0.3) is 0 Å². The van der Waals surface area contributed by atoms with Gasteiger partial charge in [0.2, 0.25) is 10.0 Å². The third kappa shape index (κ3) is 6.97. The molecule has 0 unspecified atom stereocenters. The number of nitrogens with zero attached hydrogens (tertiary/aromatic N) is 2. The molecule has 0 saturated carbocycles. The highest BCUT2D eigenvalue weighted by Crippen LogP contribution is 2.34. The number of sulfonamides is 1. The van der Waals surface area contributed by atoms with Crippen LogP contribution in [-0.4, -0.2) is 32.9 Å². The largest absolute Gasteiger partial charge is 0.494 e. The molecule has 0 spiro atoms. The first kappa shape index (κ1) is 26.5.